The summed E-state index contributed by atoms with van der Waals surface area (Å²) < 4.78 is 10.4. The lowest BCUT2D eigenvalue weighted by atomic mass is 9.84. The summed E-state index contributed by atoms with van der Waals surface area (Å²) >= 11 is 1.36. The van der Waals surface area contributed by atoms with Crippen molar-refractivity contribution < 1.29 is 4.74 Å². The zero-order chi connectivity index (χ0) is 17.6. The van der Waals surface area contributed by atoms with Gasteiger partial charge in [0.1, 0.15) is 11.5 Å². The number of aromatic nitrogens is 4. The fraction of sp³-hybridized carbons (Fsp3) is 0.368. The maximum atomic E-state index is 6.24. The molecule has 0 aliphatic carbocycles. The molecule has 6 nitrogen and oxygen atoms in total. The Morgan fingerprint density at radius 1 is 1.08 bits per heavy atom. The molecule has 26 heavy (non-hydrogen) atoms. The van der Waals surface area contributed by atoms with Crippen molar-refractivity contribution in [2.45, 2.75) is 32.0 Å². The summed E-state index contributed by atoms with van der Waals surface area (Å²) in [5, 5.41) is 9.58. The highest BCUT2D eigenvalue weighted by molar-refractivity contribution is 7.09. The monoisotopic (exact) mass is 365 g/mol. The lowest BCUT2D eigenvalue weighted by molar-refractivity contribution is -0.0552. The summed E-state index contributed by atoms with van der Waals surface area (Å²) in [6, 6.07) is 12.6. The summed E-state index contributed by atoms with van der Waals surface area (Å²) in [5.41, 5.74) is 3.36. The normalized spacial score (nSPS) is 18.3. The average Bonchev–Trinajstić information content (AvgIpc) is 3.28. The third-order valence-corrected chi connectivity index (χ3v) is 6.13. The molecule has 0 N–H and O–H groups in total. The second kappa shape index (κ2) is 6.10. The first kappa shape index (κ1) is 15.8. The van der Waals surface area contributed by atoms with E-state index in [1.54, 1.807) is 0 Å². The molecule has 132 valence electrons. The van der Waals surface area contributed by atoms with Crippen LogP contribution in [0.2, 0.25) is 0 Å². The van der Waals surface area contributed by atoms with Gasteiger partial charge in [0.2, 0.25) is 0 Å². The van der Waals surface area contributed by atoms with Crippen LogP contribution < -0.4 is 4.90 Å². The topological polar surface area (TPSA) is 64.0 Å². The Morgan fingerprint density at radius 2 is 1.92 bits per heavy atom. The smallest absolute Gasteiger partial charge is 0.164 e. The number of piperidine rings is 1. The molecule has 7 heteroatoms. The van der Waals surface area contributed by atoms with Crippen LogP contribution in [0.25, 0.3) is 10.7 Å². The van der Waals surface area contributed by atoms with Gasteiger partial charge in [-0.25, -0.2) is 4.98 Å². The molecule has 0 bridgehead atoms. The summed E-state index contributed by atoms with van der Waals surface area (Å²) in [5.74, 6) is 1.69. The van der Waals surface area contributed by atoms with Crippen LogP contribution in [0, 0.1) is 6.92 Å². The highest BCUT2D eigenvalue weighted by Crippen LogP contribution is 2.44. The van der Waals surface area contributed by atoms with Crippen molar-refractivity contribution in [1.82, 2.24) is 19.6 Å². The van der Waals surface area contributed by atoms with Gasteiger partial charge in [0.25, 0.3) is 0 Å². The van der Waals surface area contributed by atoms with Gasteiger partial charge in [0, 0.05) is 13.1 Å². The number of hydrogen-bond acceptors (Lipinski definition) is 7. The van der Waals surface area contributed by atoms with Crippen molar-refractivity contribution >= 4 is 17.4 Å². The number of benzene rings is 1. The molecule has 0 atom stereocenters. The summed E-state index contributed by atoms with van der Waals surface area (Å²) in [4.78, 5) is 6.66. The molecular formula is C19H19N5OS. The second-order valence-electron chi connectivity index (χ2n) is 6.85. The molecule has 0 unspecified atom stereocenters. The predicted molar refractivity (Wildman–Crippen MR) is 100 cm³/mol. The summed E-state index contributed by atoms with van der Waals surface area (Å²) in [7, 11) is 0. The Kier molecular flexibility index (Phi) is 3.72. The molecule has 0 amide bonds. The molecule has 2 aliphatic rings. The number of hydrogen-bond donors (Lipinski definition) is 0. The lowest BCUT2D eigenvalue weighted by Crippen LogP contribution is -2.42. The number of rotatable bonds is 2. The highest BCUT2D eigenvalue weighted by atomic mass is 32.1. The molecule has 1 aromatic carbocycles. The first-order valence-corrected chi connectivity index (χ1v) is 9.63. The van der Waals surface area contributed by atoms with Crippen molar-refractivity contribution in [3.63, 3.8) is 0 Å². The van der Waals surface area contributed by atoms with E-state index in [1.807, 2.05) is 19.1 Å². The van der Waals surface area contributed by atoms with E-state index in [4.69, 9.17) is 4.74 Å². The van der Waals surface area contributed by atoms with E-state index in [0.717, 1.165) is 54.9 Å². The van der Waals surface area contributed by atoms with E-state index >= 15 is 0 Å². The van der Waals surface area contributed by atoms with Crippen LogP contribution in [0.4, 0.5) is 5.82 Å². The summed E-state index contributed by atoms with van der Waals surface area (Å²) in [6.45, 7) is 4.45. The van der Waals surface area contributed by atoms with E-state index in [-0.39, 0.29) is 5.60 Å². The van der Waals surface area contributed by atoms with Crippen molar-refractivity contribution in [2.75, 3.05) is 18.0 Å². The minimum atomic E-state index is -0.120. The van der Waals surface area contributed by atoms with Crippen LogP contribution in [0.15, 0.2) is 36.4 Å². The SMILES string of the molecule is Cc1nsc(-c2ccc(N3CCC4(CC3)OCc3ccccc34)nn2)n1. The molecule has 5 rings (SSSR count). The highest BCUT2D eigenvalue weighted by Gasteiger charge is 2.42. The van der Waals surface area contributed by atoms with E-state index in [2.05, 4.69) is 48.7 Å². The van der Waals surface area contributed by atoms with E-state index < -0.39 is 0 Å². The zero-order valence-electron chi connectivity index (χ0n) is 14.6. The van der Waals surface area contributed by atoms with Gasteiger partial charge in [0.15, 0.2) is 10.8 Å². The number of nitrogens with zero attached hydrogens (tertiary/aromatic N) is 5. The van der Waals surface area contributed by atoms with Crippen molar-refractivity contribution in [2.24, 2.45) is 0 Å². The standard InChI is InChI=1S/C19H19N5OS/c1-13-20-18(26-23-13)16-6-7-17(22-21-16)24-10-8-19(9-11-24)15-5-3-2-4-14(15)12-25-19/h2-7H,8-12H2,1H3. The van der Waals surface area contributed by atoms with Gasteiger partial charge in [-0.1, -0.05) is 24.3 Å². The molecule has 1 spiro atoms. The minimum absolute atomic E-state index is 0.120. The molecule has 2 aliphatic heterocycles. The summed E-state index contributed by atoms with van der Waals surface area (Å²) in [6.07, 6.45) is 1.95. The Balaban J connectivity index is 1.32. The molecule has 3 aromatic rings. The third kappa shape index (κ3) is 2.59. The Labute approximate surface area is 156 Å². The first-order valence-electron chi connectivity index (χ1n) is 8.85. The van der Waals surface area contributed by atoms with Gasteiger partial charge >= 0.3 is 0 Å². The van der Waals surface area contributed by atoms with E-state index in [1.165, 1.54) is 22.7 Å². The molecule has 1 saturated heterocycles. The van der Waals surface area contributed by atoms with Crippen LogP contribution in [-0.4, -0.2) is 32.6 Å². The molecule has 0 radical (unpaired) electrons. The van der Waals surface area contributed by atoms with Crippen LogP contribution in [0.3, 0.4) is 0 Å². The average molecular weight is 365 g/mol. The maximum absolute atomic E-state index is 6.24. The Bertz CT molecular complexity index is 931. The fourth-order valence-corrected chi connectivity index (χ4v) is 4.54. The van der Waals surface area contributed by atoms with Crippen LogP contribution >= 0.6 is 11.5 Å². The molecular weight excluding hydrogens is 346 g/mol. The number of ether oxygens (including phenoxy) is 1. The minimum Gasteiger partial charge on any atom is -0.365 e. The van der Waals surface area contributed by atoms with Crippen LogP contribution in [0.5, 0.6) is 0 Å². The lowest BCUT2D eigenvalue weighted by Gasteiger charge is -2.39. The quantitative estimate of drug-likeness (QED) is 0.694. The van der Waals surface area contributed by atoms with Gasteiger partial charge in [-0.05, 0) is 54.6 Å². The number of anilines is 1. The maximum Gasteiger partial charge on any atom is 0.164 e. The Hall–Kier alpha value is -2.38. The van der Waals surface area contributed by atoms with Gasteiger partial charge in [-0.15, -0.1) is 10.2 Å². The second-order valence-corrected chi connectivity index (χ2v) is 7.60. The van der Waals surface area contributed by atoms with Gasteiger partial charge < -0.3 is 9.64 Å². The fourth-order valence-electron chi connectivity index (χ4n) is 3.90. The van der Waals surface area contributed by atoms with E-state index in [9.17, 15) is 0 Å². The van der Waals surface area contributed by atoms with Gasteiger partial charge in [0.05, 0.1) is 12.2 Å². The Morgan fingerprint density at radius 3 is 2.65 bits per heavy atom. The van der Waals surface area contributed by atoms with Crippen LogP contribution in [0.1, 0.15) is 29.8 Å². The number of fused-ring (bicyclic) bond motifs is 2. The number of aryl methyl sites for hydroxylation is 1. The van der Waals surface area contributed by atoms with Crippen LogP contribution in [-0.2, 0) is 16.9 Å². The van der Waals surface area contributed by atoms with Crippen molar-refractivity contribution in [1.29, 1.82) is 0 Å². The first-order chi connectivity index (χ1) is 12.7. The van der Waals surface area contributed by atoms with Gasteiger partial charge in [-0.3, -0.25) is 0 Å². The molecule has 2 aromatic heterocycles. The van der Waals surface area contributed by atoms with Gasteiger partial charge in [-0.2, -0.15) is 4.37 Å². The zero-order valence-corrected chi connectivity index (χ0v) is 15.4. The largest absolute Gasteiger partial charge is 0.365 e. The predicted octanol–water partition coefficient (Wildman–Crippen LogP) is 3.33. The molecule has 4 heterocycles. The molecule has 1 fully saturated rings. The van der Waals surface area contributed by atoms with Crippen molar-refractivity contribution in [3.8, 4) is 10.7 Å². The molecule has 0 saturated carbocycles. The van der Waals surface area contributed by atoms with E-state index in [0.29, 0.717) is 0 Å². The van der Waals surface area contributed by atoms with Crippen molar-refractivity contribution in [3.05, 3.63) is 53.3 Å². The third-order valence-electron chi connectivity index (χ3n) is 5.30.